The molecule has 2 N–H and O–H groups in total. The van der Waals surface area contributed by atoms with Crippen LogP contribution in [0.1, 0.15) is 17.4 Å². The molecule has 0 amide bonds. The third kappa shape index (κ3) is 3.14. The Hall–Kier alpha value is -2.21. The second-order valence-corrected chi connectivity index (χ2v) is 3.93. The fourth-order valence-corrected chi connectivity index (χ4v) is 1.62. The lowest BCUT2D eigenvalue weighted by atomic mass is 10.1. The highest BCUT2D eigenvalue weighted by atomic mass is 16.4. The summed E-state index contributed by atoms with van der Waals surface area (Å²) in [5.41, 5.74) is 1.16. The van der Waals surface area contributed by atoms with Crippen LogP contribution in [0.25, 0.3) is 0 Å². The summed E-state index contributed by atoms with van der Waals surface area (Å²) >= 11 is 0. The van der Waals surface area contributed by atoms with Crippen molar-refractivity contribution in [1.29, 1.82) is 0 Å². The molecule has 0 aliphatic rings. The van der Waals surface area contributed by atoms with Gasteiger partial charge in [-0.1, -0.05) is 35.5 Å². The Balaban J connectivity index is 2.01. The molecule has 2 rings (SSSR count). The van der Waals surface area contributed by atoms with Gasteiger partial charge in [0.2, 0.25) is 0 Å². The molecule has 0 saturated carbocycles. The molecule has 6 nitrogen and oxygen atoms in total. The molecule has 0 spiro atoms. The number of hydrogen-bond donors (Lipinski definition) is 2. The van der Waals surface area contributed by atoms with E-state index in [2.05, 4.69) is 10.3 Å². The number of benzene rings is 1. The van der Waals surface area contributed by atoms with Gasteiger partial charge < -0.3 is 10.2 Å². The van der Waals surface area contributed by atoms with E-state index in [9.17, 15) is 9.90 Å². The maximum absolute atomic E-state index is 10.5. The van der Waals surface area contributed by atoms with Crippen LogP contribution in [-0.4, -0.2) is 31.2 Å². The van der Waals surface area contributed by atoms with Crippen molar-refractivity contribution in [2.75, 3.05) is 0 Å². The fraction of sp³-hybridized carbons (Fsp3) is 0.250. The number of aliphatic hydroxyl groups is 1. The third-order valence-corrected chi connectivity index (χ3v) is 2.46. The van der Waals surface area contributed by atoms with Crippen LogP contribution >= 0.6 is 0 Å². The lowest BCUT2D eigenvalue weighted by Crippen LogP contribution is -2.09. The summed E-state index contributed by atoms with van der Waals surface area (Å²) in [7, 11) is 0. The van der Waals surface area contributed by atoms with E-state index in [0.29, 0.717) is 5.69 Å². The van der Waals surface area contributed by atoms with Gasteiger partial charge >= 0.3 is 5.97 Å². The van der Waals surface area contributed by atoms with E-state index >= 15 is 0 Å². The maximum atomic E-state index is 10.5. The monoisotopic (exact) mass is 247 g/mol. The molecule has 0 bridgehead atoms. The minimum atomic E-state index is -0.953. The minimum Gasteiger partial charge on any atom is -0.481 e. The second-order valence-electron chi connectivity index (χ2n) is 3.93. The Kier molecular flexibility index (Phi) is 3.69. The van der Waals surface area contributed by atoms with Crippen molar-refractivity contribution < 1.29 is 15.0 Å². The molecule has 1 atom stereocenters. The van der Waals surface area contributed by atoms with Crippen LogP contribution in [0.3, 0.4) is 0 Å². The Morgan fingerprint density at radius 2 is 2.06 bits per heavy atom. The van der Waals surface area contributed by atoms with Gasteiger partial charge in [0, 0.05) is 6.20 Å². The fourth-order valence-electron chi connectivity index (χ4n) is 1.62. The van der Waals surface area contributed by atoms with Gasteiger partial charge in [0.1, 0.15) is 0 Å². The van der Waals surface area contributed by atoms with Crippen molar-refractivity contribution in [3.8, 4) is 0 Å². The molecular weight excluding hydrogens is 234 g/mol. The number of aromatic nitrogens is 3. The molecule has 2 aromatic rings. The van der Waals surface area contributed by atoms with Crippen LogP contribution in [0.4, 0.5) is 0 Å². The van der Waals surface area contributed by atoms with Crippen molar-refractivity contribution in [2.24, 2.45) is 0 Å². The molecule has 94 valence electrons. The molecule has 1 aromatic carbocycles. The number of carboxylic acid groups (broad SMARTS) is 1. The highest BCUT2D eigenvalue weighted by molar-refractivity contribution is 5.69. The first-order chi connectivity index (χ1) is 8.65. The SMILES string of the molecule is O=C(O)Cc1cn(CC(O)c2ccccc2)nn1. The molecular formula is C12H13N3O3. The first kappa shape index (κ1) is 12.3. The number of aliphatic carboxylic acids is 1. The number of aliphatic hydroxyl groups excluding tert-OH is 1. The number of carbonyl (C=O) groups is 1. The summed E-state index contributed by atoms with van der Waals surface area (Å²) in [6.45, 7) is 0.247. The summed E-state index contributed by atoms with van der Waals surface area (Å²) in [5, 5.41) is 26.1. The van der Waals surface area contributed by atoms with Gasteiger partial charge in [-0.25, -0.2) is 4.68 Å². The van der Waals surface area contributed by atoms with E-state index in [1.165, 1.54) is 10.9 Å². The minimum absolute atomic E-state index is 0.165. The normalized spacial score (nSPS) is 12.3. The van der Waals surface area contributed by atoms with Crippen LogP contribution in [0, 0.1) is 0 Å². The lowest BCUT2D eigenvalue weighted by molar-refractivity contribution is -0.136. The molecule has 0 aliphatic heterocycles. The zero-order valence-corrected chi connectivity index (χ0v) is 9.60. The maximum Gasteiger partial charge on any atom is 0.309 e. The van der Waals surface area contributed by atoms with E-state index < -0.39 is 12.1 Å². The van der Waals surface area contributed by atoms with Crippen molar-refractivity contribution in [3.05, 3.63) is 47.8 Å². The zero-order chi connectivity index (χ0) is 13.0. The van der Waals surface area contributed by atoms with Crippen LogP contribution in [0.2, 0.25) is 0 Å². The molecule has 0 aliphatic carbocycles. The third-order valence-electron chi connectivity index (χ3n) is 2.46. The summed E-state index contributed by atoms with van der Waals surface area (Å²) in [4.78, 5) is 10.5. The van der Waals surface area contributed by atoms with Crippen molar-refractivity contribution >= 4 is 5.97 Å². The van der Waals surface area contributed by atoms with Crippen molar-refractivity contribution in [2.45, 2.75) is 19.1 Å². The predicted octanol–water partition coefficient (Wildman–Crippen LogP) is 0.639. The van der Waals surface area contributed by atoms with Gasteiger partial charge in [0.05, 0.1) is 24.8 Å². The molecule has 0 radical (unpaired) electrons. The van der Waals surface area contributed by atoms with E-state index in [1.807, 2.05) is 30.3 Å². The summed E-state index contributed by atoms with van der Waals surface area (Å²) in [5.74, 6) is -0.953. The van der Waals surface area contributed by atoms with E-state index in [-0.39, 0.29) is 13.0 Å². The molecule has 1 aromatic heterocycles. The van der Waals surface area contributed by atoms with Gasteiger partial charge in [-0.2, -0.15) is 0 Å². The van der Waals surface area contributed by atoms with Crippen molar-refractivity contribution in [3.63, 3.8) is 0 Å². The molecule has 1 unspecified atom stereocenters. The Bertz CT molecular complexity index is 524. The predicted molar refractivity (Wildman–Crippen MR) is 62.8 cm³/mol. The highest BCUT2D eigenvalue weighted by Crippen LogP contribution is 2.13. The lowest BCUT2D eigenvalue weighted by Gasteiger charge is -2.09. The topological polar surface area (TPSA) is 88.2 Å². The van der Waals surface area contributed by atoms with Crippen LogP contribution < -0.4 is 0 Å². The summed E-state index contributed by atoms with van der Waals surface area (Å²) in [6, 6.07) is 9.20. The first-order valence-corrected chi connectivity index (χ1v) is 5.49. The quantitative estimate of drug-likeness (QED) is 0.809. The van der Waals surface area contributed by atoms with Crippen LogP contribution in [-0.2, 0) is 17.8 Å². The van der Waals surface area contributed by atoms with Crippen molar-refractivity contribution in [1.82, 2.24) is 15.0 Å². The zero-order valence-electron chi connectivity index (χ0n) is 9.60. The van der Waals surface area contributed by atoms with E-state index in [1.54, 1.807) is 0 Å². The Morgan fingerprint density at radius 3 is 2.72 bits per heavy atom. The Labute approximate surface area is 103 Å². The largest absolute Gasteiger partial charge is 0.481 e. The molecule has 18 heavy (non-hydrogen) atoms. The summed E-state index contributed by atoms with van der Waals surface area (Å²) in [6.07, 6.45) is 0.674. The number of carboxylic acids is 1. The Morgan fingerprint density at radius 1 is 1.33 bits per heavy atom. The number of hydrogen-bond acceptors (Lipinski definition) is 4. The van der Waals surface area contributed by atoms with Gasteiger partial charge in [0.25, 0.3) is 0 Å². The molecule has 1 heterocycles. The summed E-state index contributed by atoms with van der Waals surface area (Å²) < 4.78 is 1.44. The first-order valence-electron chi connectivity index (χ1n) is 5.49. The highest BCUT2D eigenvalue weighted by Gasteiger charge is 2.10. The molecule has 0 fully saturated rings. The van der Waals surface area contributed by atoms with Gasteiger partial charge in [0.15, 0.2) is 0 Å². The standard InChI is InChI=1S/C12H13N3O3/c16-11(9-4-2-1-3-5-9)8-15-7-10(13-14-15)6-12(17)18/h1-5,7,11,16H,6,8H2,(H,17,18). The van der Waals surface area contributed by atoms with E-state index in [4.69, 9.17) is 5.11 Å². The van der Waals surface area contributed by atoms with Gasteiger partial charge in [-0.3, -0.25) is 4.79 Å². The molecule has 0 saturated heterocycles. The second kappa shape index (κ2) is 5.42. The van der Waals surface area contributed by atoms with Crippen LogP contribution in [0.5, 0.6) is 0 Å². The van der Waals surface area contributed by atoms with Gasteiger partial charge in [-0.05, 0) is 5.56 Å². The average molecular weight is 247 g/mol. The van der Waals surface area contributed by atoms with E-state index in [0.717, 1.165) is 5.56 Å². The number of nitrogens with zero attached hydrogens (tertiary/aromatic N) is 3. The average Bonchev–Trinajstić information content (AvgIpc) is 2.76. The number of rotatable bonds is 5. The smallest absolute Gasteiger partial charge is 0.309 e. The van der Waals surface area contributed by atoms with Crippen LogP contribution in [0.15, 0.2) is 36.5 Å². The van der Waals surface area contributed by atoms with Gasteiger partial charge in [-0.15, -0.1) is 5.10 Å². The molecule has 6 heteroatoms.